The van der Waals surface area contributed by atoms with E-state index in [1.807, 2.05) is 117 Å². The fraction of sp³-hybridized carbons (Fsp3) is 0.0909. The molecule has 0 saturated carbocycles. The fourth-order valence-corrected chi connectivity index (χ4v) is 11.9. The number of hydrogen-bond acceptors (Lipinski definition) is 4. The van der Waals surface area contributed by atoms with E-state index in [2.05, 4.69) is 63.1 Å². The number of hydrogen-bond donors (Lipinski definition) is 0. The summed E-state index contributed by atoms with van der Waals surface area (Å²) in [6.45, 7) is -0.237. The van der Waals surface area contributed by atoms with Crippen molar-refractivity contribution in [1.82, 2.24) is 14.1 Å². The van der Waals surface area contributed by atoms with Gasteiger partial charge in [0.2, 0.25) is 0 Å². The Kier molecular flexibility index (Phi) is 7.17. The van der Waals surface area contributed by atoms with Crippen LogP contribution in [0, 0.1) is 29.6 Å². The van der Waals surface area contributed by atoms with E-state index in [0.29, 0.717) is 54.3 Å². The number of benzene rings is 9. The van der Waals surface area contributed by atoms with Gasteiger partial charge in [-0.1, -0.05) is 30.3 Å². The van der Waals surface area contributed by atoms with Crippen molar-refractivity contribution in [3.63, 3.8) is 0 Å². The molecule has 3 aliphatic heterocycles. The van der Waals surface area contributed by atoms with Crippen molar-refractivity contribution < 1.29 is 44.7 Å². The first kappa shape index (κ1) is 31.4. The standard InChI is InChI=1S/C66H48BN5O.Pt/c1-42-20-9-10-25-48(42)55-40-54-53-30-19-29-52-51-26-11-12-31-56(51)71-59-34-15-16-35-60(59)72(67(71)62(52)53)64(54)68-65(55)73-61-39-47(37-36-43(61)2)69-41-70(58-33-14-13-32-57(58)69)63-49(44-21-7-6-8-22-44)27-18-28-50(63)45-23-17-24-46(38-45)66(3,4)5;/h6-34,36-38,40H,1-5H3;/q-2;/i1D3,2D3,6D,7D,8D,9D,10D,20D,21D,22D,25D;. The Morgan fingerprint density at radius 1 is 0.595 bits per heavy atom. The summed E-state index contributed by atoms with van der Waals surface area (Å²) < 4.78 is 146. The van der Waals surface area contributed by atoms with Crippen molar-refractivity contribution >= 4 is 46.4 Å². The number of pyridine rings is 1. The summed E-state index contributed by atoms with van der Waals surface area (Å²) in [5.41, 5.74) is 9.13. The van der Waals surface area contributed by atoms with E-state index in [9.17, 15) is 4.11 Å². The van der Waals surface area contributed by atoms with E-state index in [1.165, 1.54) is 6.07 Å². The van der Waals surface area contributed by atoms with Crippen LogP contribution < -0.4 is 19.8 Å². The van der Waals surface area contributed by atoms with Gasteiger partial charge in [0.1, 0.15) is 0 Å². The average molecular weight is 1150 g/mol. The van der Waals surface area contributed by atoms with Gasteiger partial charge in [0.25, 0.3) is 0 Å². The van der Waals surface area contributed by atoms with Gasteiger partial charge in [-0.05, 0) is 11.6 Å². The topological polar surface area (TPSA) is 38.5 Å². The third-order valence-corrected chi connectivity index (χ3v) is 15.2. The average Bonchev–Trinajstić information content (AvgIpc) is 1.59. The van der Waals surface area contributed by atoms with Gasteiger partial charge in [0.15, 0.2) is 0 Å². The quantitative estimate of drug-likeness (QED) is 0.118. The zero-order valence-electron chi connectivity index (χ0n) is 54.9. The van der Waals surface area contributed by atoms with Crippen LogP contribution in [0.25, 0.3) is 78.0 Å². The molecule has 0 aliphatic carbocycles. The van der Waals surface area contributed by atoms with Crippen LogP contribution in [0.3, 0.4) is 0 Å². The van der Waals surface area contributed by atoms with E-state index in [-0.39, 0.29) is 39.4 Å². The summed E-state index contributed by atoms with van der Waals surface area (Å²) >= 11 is 2.15. The Balaban J connectivity index is 1.04. The Morgan fingerprint density at radius 2 is 1.28 bits per heavy atom. The summed E-state index contributed by atoms with van der Waals surface area (Å²) in [6.07, 6.45) is 0. The van der Waals surface area contributed by atoms with E-state index in [1.54, 1.807) is 30.3 Å². The molecule has 5 heterocycles. The van der Waals surface area contributed by atoms with Crippen molar-refractivity contribution in [3.8, 4) is 78.6 Å². The molecule has 0 bridgehead atoms. The maximum absolute atomic E-state index is 9.51. The molecule has 74 heavy (non-hydrogen) atoms. The summed E-state index contributed by atoms with van der Waals surface area (Å²) in [5.74, 6) is -0.449. The molecule has 0 N–H and O–H groups in total. The zero-order valence-corrected chi connectivity index (χ0v) is 42.2. The van der Waals surface area contributed by atoms with Gasteiger partial charge in [0.05, 0.1) is 1.37 Å². The SMILES string of the molecule is [2H]c1c([2H])c([2H])c(-c2cccc(-c3cccc(C(C)(C)C)c3)c2-n2[c](=[Pt])n(-c3[c-]c(Oc4nc5c(cc4-c4c([2H])c([2H])c([2H])c([2H])c4C([2H])([2H])[2H])-c4cccc6c4B4N(c7ccc[c-]c7N45)c4ccccc4-6)c(C([2H])([2H])[2H])cc3)c3ccccc32)c([2H])c1[2H]. The fourth-order valence-electron chi connectivity index (χ4n) is 10.9. The van der Waals surface area contributed by atoms with Gasteiger partial charge in [-0.15, -0.1) is 6.07 Å². The van der Waals surface area contributed by atoms with Crippen LogP contribution in [-0.2, 0) is 24.8 Å². The van der Waals surface area contributed by atoms with Crippen LogP contribution in [-0.4, -0.2) is 21.1 Å². The molecular weight excluding hydrogens is 1080 g/mol. The molecule has 0 radical (unpaired) electrons. The van der Waals surface area contributed by atoms with Crippen molar-refractivity contribution in [2.24, 2.45) is 0 Å². The molecule has 0 fully saturated rings. The van der Waals surface area contributed by atoms with Crippen LogP contribution in [0.1, 0.15) is 58.0 Å². The van der Waals surface area contributed by atoms with E-state index < -0.39 is 86.2 Å². The number of anilines is 4. The van der Waals surface area contributed by atoms with Crippen molar-refractivity contribution in [2.75, 3.05) is 9.62 Å². The Labute approximate surface area is 464 Å². The first-order valence-corrected chi connectivity index (χ1v) is 25.1. The predicted molar refractivity (Wildman–Crippen MR) is 299 cm³/mol. The molecule has 11 aromatic rings. The second-order valence-corrected chi connectivity index (χ2v) is 20.4. The maximum atomic E-state index is 9.51. The Morgan fingerprint density at radius 3 is 2.09 bits per heavy atom. The van der Waals surface area contributed by atoms with E-state index in [0.717, 1.165) is 39.1 Å². The number of aromatic nitrogens is 3. The van der Waals surface area contributed by atoms with Gasteiger partial charge >= 0.3 is 393 Å². The number of aryl methyl sites for hydroxylation is 1. The van der Waals surface area contributed by atoms with Crippen LogP contribution in [0.4, 0.5) is 22.9 Å². The summed E-state index contributed by atoms with van der Waals surface area (Å²) in [7, 11) is 0. The van der Waals surface area contributed by atoms with Gasteiger partial charge in [-0.2, -0.15) is 12.1 Å². The van der Waals surface area contributed by atoms with Crippen molar-refractivity contribution in [3.05, 3.63) is 233 Å². The number of imidazole rings is 1. The number of rotatable bonds is 7. The molecule has 14 rings (SSSR count). The first-order valence-electron chi connectivity index (χ1n) is 31.5. The van der Waals surface area contributed by atoms with Crippen LogP contribution in [0.15, 0.2) is 200 Å². The molecule has 358 valence electrons. The molecule has 0 saturated heterocycles. The number of fused-ring (bicyclic) bond motifs is 10. The van der Waals surface area contributed by atoms with Crippen LogP contribution >= 0.6 is 0 Å². The second-order valence-electron chi connectivity index (χ2n) is 19.4. The van der Waals surface area contributed by atoms with Gasteiger partial charge in [-0.25, -0.2) is 0 Å². The van der Waals surface area contributed by atoms with Gasteiger partial charge in [0, 0.05) is 11.3 Å². The minimum absolute atomic E-state index is 0.0250. The molecule has 0 unspecified atom stereocenters. The molecular formula is C66H48BN5OPt-2. The summed E-state index contributed by atoms with van der Waals surface area (Å²) in [6, 6.07) is 46.5. The van der Waals surface area contributed by atoms with Crippen LogP contribution in [0.5, 0.6) is 11.6 Å². The summed E-state index contributed by atoms with van der Waals surface area (Å²) in [5, 5.41) is 0. The second kappa shape index (κ2) is 16.9. The van der Waals surface area contributed by atoms with Crippen molar-refractivity contribution in [2.45, 2.75) is 39.9 Å². The molecule has 9 aromatic carbocycles. The first-order chi connectivity index (χ1) is 42.3. The third kappa shape index (κ3) is 6.76. The van der Waals surface area contributed by atoms with Gasteiger partial charge in [-0.3, -0.25) is 0 Å². The molecule has 0 atom stereocenters. The Bertz CT molecular complexity index is 4950. The molecule has 2 aromatic heterocycles. The van der Waals surface area contributed by atoms with E-state index in [4.69, 9.17) is 26.2 Å². The number of ether oxygens (including phenoxy) is 1. The molecule has 6 nitrogen and oxygen atoms in total. The minimum atomic E-state index is -3.13. The van der Waals surface area contributed by atoms with E-state index >= 15 is 0 Å². The molecule has 3 aliphatic rings. The van der Waals surface area contributed by atoms with Crippen molar-refractivity contribution in [1.29, 1.82) is 0 Å². The molecule has 8 heteroatoms. The predicted octanol–water partition coefficient (Wildman–Crippen LogP) is 15.8. The number of nitrogens with zero attached hydrogens (tertiary/aromatic N) is 5. The summed E-state index contributed by atoms with van der Waals surface area (Å²) in [4.78, 5) is 9.53. The van der Waals surface area contributed by atoms with Gasteiger partial charge < -0.3 is 0 Å². The third-order valence-electron chi connectivity index (χ3n) is 14.2. The Hall–Kier alpha value is -8.25. The van der Waals surface area contributed by atoms with Crippen LogP contribution in [0.2, 0.25) is 0 Å². The number of para-hydroxylation sites is 5. The normalized spacial score (nSPS) is 16.2. The monoisotopic (exact) mass is 1150 g/mol. The zero-order chi connectivity index (χ0) is 62.8. The molecule has 0 amide bonds. The molecule has 0 spiro atoms.